The quantitative estimate of drug-likeness (QED) is 0.127. The minimum absolute atomic E-state index is 0.345. The van der Waals surface area contributed by atoms with E-state index >= 15 is 0 Å². The maximum Gasteiger partial charge on any atom is 0.303 e. The molecule has 0 unspecified atom stereocenters. The zero-order chi connectivity index (χ0) is 21.3. The lowest BCUT2D eigenvalue weighted by atomic mass is 10.0. The number of hydrogen-bond donors (Lipinski definition) is 1. The standard InChI is InChI=1S/C27H52O2/c1-2-3-4-5-6-7-8-9-10-11-12-13-14-15-16-17-18-19-20-21-22-23-24-25-26-27(28)29/h3-4H,2,5-26H2,1H3,(H,28,29). The Bertz CT molecular complexity index is 348. The Balaban J connectivity index is 3.01. The Morgan fingerprint density at radius 1 is 0.517 bits per heavy atom. The van der Waals surface area contributed by atoms with E-state index in [-0.39, 0.29) is 0 Å². The number of carbonyl (C=O) groups is 1. The van der Waals surface area contributed by atoms with E-state index in [0.717, 1.165) is 12.8 Å². The minimum Gasteiger partial charge on any atom is -0.481 e. The molecule has 0 saturated carbocycles. The van der Waals surface area contributed by atoms with Gasteiger partial charge in [-0.25, -0.2) is 0 Å². The molecule has 2 heteroatoms. The minimum atomic E-state index is -0.651. The molecule has 0 saturated heterocycles. The molecule has 0 heterocycles. The molecule has 0 amide bonds. The van der Waals surface area contributed by atoms with Crippen molar-refractivity contribution in [2.24, 2.45) is 0 Å². The summed E-state index contributed by atoms with van der Waals surface area (Å²) >= 11 is 0. The van der Waals surface area contributed by atoms with E-state index in [4.69, 9.17) is 5.11 Å². The summed E-state index contributed by atoms with van der Waals surface area (Å²) in [5, 5.41) is 8.59. The molecule has 29 heavy (non-hydrogen) atoms. The van der Waals surface area contributed by atoms with Crippen LogP contribution in [0, 0.1) is 0 Å². The van der Waals surface area contributed by atoms with Crippen molar-refractivity contribution in [2.75, 3.05) is 0 Å². The molecule has 0 aromatic heterocycles. The molecule has 0 aliphatic rings. The Morgan fingerprint density at radius 2 is 0.828 bits per heavy atom. The van der Waals surface area contributed by atoms with Gasteiger partial charge in [0, 0.05) is 6.42 Å². The average molecular weight is 409 g/mol. The summed E-state index contributed by atoms with van der Waals surface area (Å²) < 4.78 is 0. The van der Waals surface area contributed by atoms with Gasteiger partial charge in [-0.2, -0.15) is 0 Å². The first kappa shape index (κ1) is 28.2. The molecule has 0 bridgehead atoms. The molecule has 0 atom stereocenters. The monoisotopic (exact) mass is 408 g/mol. The maximum absolute atomic E-state index is 10.4. The second-order valence-electron chi connectivity index (χ2n) is 8.88. The predicted octanol–water partition coefficient (Wildman–Crippen LogP) is 9.62. The highest BCUT2D eigenvalue weighted by Gasteiger charge is 1.97. The van der Waals surface area contributed by atoms with Crippen molar-refractivity contribution in [3.8, 4) is 0 Å². The van der Waals surface area contributed by atoms with Crippen LogP contribution in [-0.4, -0.2) is 11.1 Å². The second kappa shape index (κ2) is 25.2. The van der Waals surface area contributed by atoms with E-state index in [1.54, 1.807) is 0 Å². The summed E-state index contributed by atoms with van der Waals surface area (Å²) in [5.41, 5.74) is 0. The van der Waals surface area contributed by atoms with Gasteiger partial charge in [0.1, 0.15) is 0 Å². The number of hydrogen-bond acceptors (Lipinski definition) is 1. The van der Waals surface area contributed by atoms with Crippen LogP contribution in [0.25, 0.3) is 0 Å². The van der Waals surface area contributed by atoms with Gasteiger partial charge in [-0.05, 0) is 25.7 Å². The predicted molar refractivity (Wildman–Crippen MR) is 129 cm³/mol. The number of aliphatic carboxylic acids is 1. The van der Waals surface area contributed by atoms with Crippen molar-refractivity contribution >= 4 is 5.97 Å². The van der Waals surface area contributed by atoms with E-state index in [0.29, 0.717) is 6.42 Å². The molecular formula is C27H52O2. The van der Waals surface area contributed by atoms with Crippen LogP contribution in [0.4, 0.5) is 0 Å². The van der Waals surface area contributed by atoms with E-state index in [2.05, 4.69) is 19.1 Å². The molecule has 0 aromatic carbocycles. The smallest absolute Gasteiger partial charge is 0.303 e. The number of rotatable bonds is 24. The Kier molecular flexibility index (Phi) is 24.6. The highest BCUT2D eigenvalue weighted by molar-refractivity contribution is 5.66. The molecule has 2 nitrogen and oxygen atoms in total. The molecular weight excluding hydrogens is 356 g/mol. The van der Waals surface area contributed by atoms with E-state index < -0.39 is 5.97 Å². The summed E-state index contributed by atoms with van der Waals surface area (Å²) in [7, 11) is 0. The van der Waals surface area contributed by atoms with E-state index in [9.17, 15) is 4.79 Å². The zero-order valence-electron chi connectivity index (χ0n) is 19.8. The van der Waals surface area contributed by atoms with Crippen molar-refractivity contribution < 1.29 is 9.90 Å². The second-order valence-corrected chi connectivity index (χ2v) is 8.88. The van der Waals surface area contributed by atoms with Gasteiger partial charge < -0.3 is 5.11 Å². The van der Waals surface area contributed by atoms with Crippen molar-refractivity contribution in [2.45, 2.75) is 155 Å². The third-order valence-corrected chi connectivity index (χ3v) is 5.91. The average Bonchev–Trinajstić information content (AvgIpc) is 2.71. The SMILES string of the molecule is CCC=CCCCCCCCCCCCCCCCCCCCCCCC(=O)O. The molecule has 0 fully saturated rings. The lowest BCUT2D eigenvalue weighted by Crippen LogP contribution is -1.93. The van der Waals surface area contributed by atoms with Crippen LogP contribution in [0.3, 0.4) is 0 Å². The van der Waals surface area contributed by atoms with Crippen LogP contribution in [0.5, 0.6) is 0 Å². The third-order valence-electron chi connectivity index (χ3n) is 5.91. The van der Waals surface area contributed by atoms with Gasteiger partial charge in [-0.3, -0.25) is 4.79 Å². The maximum atomic E-state index is 10.4. The number of unbranched alkanes of at least 4 members (excludes halogenated alkanes) is 20. The molecule has 0 radical (unpaired) electrons. The lowest BCUT2D eigenvalue weighted by Gasteiger charge is -2.04. The molecule has 0 spiro atoms. The van der Waals surface area contributed by atoms with Crippen LogP contribution in [0.1, 0.15) is 155 Å². The van der Waals surface area contributed by atoms with Crippen LogP contribution in [0.2, 0.25) is 0 Å². The molecule has 172 valence electrons. The number of carboxylic acids is 1. The Labute approximate surface area is 182 Å². The molecule has 0 aliphatic carbocycles. The van der Waals surface area contributed by atoms with Gasteiger partial charge in [-0.1, -0.05) is 135 Å². The van der Waals surface area contributed by atoms with Gasteiger partial charge in [0.05, 0.1) is 0 Å². The molecule has 0 aromatic rings. The normalized spacial score (nSPS) is 11.5. The fourth-order valence-electron chi connectivity index (χ4n) is 4.00. The molecule has 0 rings (SSSR count). The summed E-state index contributed by atoms with van der Waals surface area (Å²) in [6.07, 6.45) is 34.6. The van der Waals surface area contributed by atoms with Gasteiger partial charge in [0.2, 0.25) is 0 Å². The highest BCUT2D eigenvalue weighted by atomic mass is 16.4. The summed E-state index contributed by atoms with van der Waals surface area (Å²) in [6.45, 7) is 2.21. The summed E-state index contributed by atoms with van der Waals surface area (Å²) in [6, 6.07) is 0. The topological polar surface area (TPSA) is 37.3 Å². The summed E-state index contributed by atoms with van der Waals surface area (Å²) in [4.78, 5) is 10.4. The Morgan fingerprint density at radius 3 is 1.14 bits per heavy atom. The fraction of sp³-hybridized carbons (Fsp3) is 0.889. The van der Waals surface area contributed by atoms with Crippen LogP contribution < -0.4 is 0 Å². The zero-order valence-corrected chi connectivity index (χ0v) is 19.8. The van der Waals surface area contributed by atoms with Crippen molar-refractivity contribution in [1.82, 2.24) is 0 Å². The lowest BCUT2D eigenvalue weighted by molar-refractivity contribution is -0.137. The summed E-state index contributed by atoms with van der Waals surface area (Å²) in [5.74, 6) is -0.651. The first-order valence-electron chi connectivity index (χ1n) is 13.1. The highest BCUT2D eigenvalue weighted by Crippen LogP contribution is 2.15. The Hall–Kier alpha value is -0.790. The number of allylic oxidation sites excluding steroid dienone is 2. The van der Waals surface area contributed by atoms with Gasteiger partial charge in [0.25, 0.3) is 0 Å². The third kappa shape index (κ3) is 27.2. The first-order chi connectivity index (χ1) is 14.3. The van der Waals surface area contributed by atoms with Crippen LogP contribution in [0.15, 0.2) is 12.2 Å². The van der Waals surface area contributed by atoms with Crippen LogP contribution in [-0.2, 0) is 4.79 Å². The van der Waals surface area contributed by atoms with Gasteiger partial charge in [-0.15, -0.1) is 0 Å². The van der Waals surface area contributed by atoms with Gasteiger partial charge in [0.15, 0.2) is 0 Å². The largest absolute Gasteiger partial charge is 0.481 e. The first-order valence-corrected chi connectivity index (χ1v) is 13.1. The van der Waals surface area contributed by atoms with Crippen molar-refractivity contribution in [1.29, 1.82) is 0 Å². The van der Waals surface area contributed by atoms with Crippen molar-refractivity contribution in [3.05, 3.63) is 12.2 Å². The fourth-order valence-corrected chi connectivity index (χ4v) is 4.00. The van der Waals surface area contributed by atoms with Crippen molar-refractivity contribution in [3.63, 3.8) is 0 Å². The van der Waals surface area contributed by atoms with Gasteiger partial charge >= 0.3 is 5.97 Å². The van der Waals surface area contributed by atoms with Crippen LogP contribution >= 0.6 is 0 Å². The molecule has 1 N–H and O–H groups in total. The number of carboxylic acid groups (broad SMARTS) is 1. The van der Waals surface area contributed by atoms with E-state index in [1.807, 2.05) is 0 Å². The van der Waals surface area contributed by atoms with E-state index in [1.165, 1.54) is 128 Å². The molecule has 0 aliphatic heterocycles.